The van der Waals surface area contributed by atoms with Crippen LogP contribution in [-0.4, -0.2) is 38.2 Å². The second-order valence-corrected chi connectivity index (χ2v) is 6.70. The third-order valence-corrected chi connectivity index (χ3v) is 5.09. The Morgan fingerprint density at radius 1 is 1.24 bits per heavy atom. The van der Waals surface area contributed by atoms with Crippen molar-refractivity contribution in [2.75, 3.05) is 13.1 Å². The van der Waals surface area contributed by atoms with Crippen LogP contribution in [0.15, 0.2) is 32.4 Å². The second kappa shape index (κ2) is 5.70. The van der Waals surface area contributed by atoms with Crippen molar-refractivity contribution in [1.29, 1.82) is 0 Å². The summed E-state index contributed by atoms with van der Waals surface area (Å²) in [4.78, 5) is 11.9. The lowest BCUT2D eigenvalue weighted by molar-refractivity contribution is 0.278. The van der Waals surface area contributed by atoms with Gasteiger partial charge in [0.15, 0.2) is 0 Å². The van der Waals surface area contributed by atoms with E-state index in [4.69, 9.17) is 4.42 Å². The van der Waals surface area contributed by atoms with Crippen molar-refractivity contribution in [2.24, 2.45) is 0 Å². The highest BCUT2D eigenvalue weighted by Gasteiger charge is 2.17. The van der Waals surface area contributed by atoms with Crippen LogP contribution in [0.4, 0.5) is 0 Å². The first-order valence-corrected chi connectivity index (χ1v) is 8.49. The minimum Gasteiger partial charge on any atom is -0.414 e. The smallest absolute Gasteiger partial charge is 0.283 e. The molecule has 21 heavy (non-hydrogen) atoms. The molecule has 4 rings (SSSR count). The molecule has 1 fully saturated rings. The van der Waals surface area contributed by atoms with E-state index < -0.39 is 0 Å². The van der Waals surface area contributed by atoms with Gasteiger partial charge in [0.2, 0.25) is 5.89 Å². The molecule has 6 nitrogen and oxygen atoms in total. The minimum absolute atomic E-state index is 0.537. The van der Waals surface area contributed by atoms with Crippen LogP contribution in [0.3, 0.4) is 0 Å². The molecule has 0 unspecified atom stereocenters. The zero-order valence-corrected chi connectivity index (χ0v) is 12.9. The van der Waals surface area contributed by atoms with Crippen molar-refractivity contribution >= 4 is 33.3 Å². The SMILES string of the molecule is c1nc(Sc2nnc(CN3CCCC3)o2)c2ccsc2n1. The number of rotatable bonds is 4. The Bertz CT molecular complexity index is 750. The van der Waals surface area contributed by atoms with E-state index in [1.807, 2.05) is 11.4 Å². The van der Waals surface area contributed by atoms with Crippen molar-refractivity contribution < 1.29 is 4.42 Å². The van der Waals surface area contributed by atoms with Gasteiger partial charge in [-0.05, 0) is 49.1 Å². The zero-order chi connectivity index (χ0) is 14.1. The Hall–Kier alpha value is -1.51. The van der Waals surface area contributed by atoms with Gasteiger partial charge in [0, 0.05) is 5.39 Å². The van der Waals surface area contributed by atoms with Crippen LogP contribution >= 0.6 is 23.1 Å². The summed E-state index contributed by atoms with van der Waals surface area (Å²) in [6, 6.07) is 2.02. The molecule has 0 aliphatic carbocycles. The maximum atomic E-state index is 5.72. The monoisotopic (exact) mass is 319 g/mol. The Morgan fingerprint density at radius 3 is 3.05 bits per heavy atom. The van der Waals surface area contributed by atoms with Gasteiger partial charge in [0.25, 0.3) is 5.22 Å². The van der Waals surface area contributed by atoms with Gasteiger partial charge in [-0.15, -0.1) is 21.5 Å². The van der Waals surface area contributed by atoms with Crippen LogP contribution in [0.1, 0.15) is 18.7 Å². The molecule has 1 aliphatic rings. The minimum atomic E-state index is 0.537. The van der Waals surface area contributed by atoms with Crippen LogP contribution in [0.2, 0.25) is 0 Å². The molecular weight excluding hydrogens is 306 g/mol. The molecule has 0 spiro atoms. The van der Waals surface area contributed by atoms with Gasteiger partial charge in [-0.25, -0.2) is 9.97 Å². The second-order valence-electron chi connectivity index (χ2n) is 4.87. The highest BCUT2D eigenvalue weighted by atomic mass is 32.2. The molecule has 0 bridgehead atoms. The molecule has 1 aliphatic heterocycles. The van der Waals surface area contributed by atoms with Gasteiger partial charge in [0.1, 0.15) is 16.2 Å². The Morgan fingerprint density at radius 2 is 2.14 bits per heavy atom. The van der Waals surface area contributed by atoms with Gasteiger partial charge >= 0.3 is 0 Å². The Balaban J connectivity index is 1.52. The van der Waals surface area contributed by atoms with Crippen molar-refractivity contribution in [3.63, 3.8) is 0 Å². The molecule has 108 valence electrons. The average molecular weight is 319 g/mol. The molecular formula is C13H13N5OS2. The van der Waals surface area contributed by atoms with E-state index >= 15 is 0 Å². The molecule has 0 N–H and O–H groups in total. The lowest BCUT2D eigenvalue weighted by Crippen LogP contribution is -2.18. The van der Waals surface area contributed by atoms with Gasteiger partial charge in [-0.1, -0.05) is 0 Å². The first kappa shape index (κ1) is 13.2. The van der Waals surface area contributed by atoms with Crippen molar-refractivity contribution in [3.8, 4) is 0 Å². The maximum Gasteiger partial charge on any atom is 0.283 e. The van der Waals surface area contributed by atoms with Gasteiger partial charge < -0.3 is 4.42 Å². The van der Waals surface area contributed by atoms with Crippen LogP contribution in [0.25, 0.3) is 10.2 Å². The van der Waals surface area contributed by atoms with E-state index in [0.29, 0.717) is 11.1 Å². The van der Waals surface area contributed by atoms with E-state index in [2.05, 4.69) is 25.1 Å². The lowest BCUT2D eigenvalue weighted by Gasteiger charge is -2.10. The Kier molecular flexibility index (Phi) is 3.58. The van der Waals surface area contributed by atoms with E-state index in [-0.39, 0.29) is 0 Å². The quantitative estimate of drug-likeness (QED) is 0.685. The number of hydrogen-bond donors (Lipinski definition) is 0. The van der Waals surface area contributed by atoms with E-state index in [1.54, 1.807) is 17.7 Å². The molecule has 0 radical (unpaired) electrons. The lowest BCUT2D eigenvalue weighted by atomic mass is 10.4. The molecule has 3 aromatic heterocycles. The van der Waals surface area contributed by atoms with Crippen molar-refractivity contribution in [1.82, 2.24) is 25.1 Å². The molecule has 0 aromatic carbocycles. The maximum absolute atomic E-state index is 5.72. The molecule has 8 heteroatoms. The first-order valence-electron chi connectivity index (χ1n) is 6.79. The number of likely N-dealkylation sites (tertiary alicyclic amines) is 1. The summed E-state index contributed by atoms with van der Waals surface area (Å²) in [6.07, 6.45) is 4.09. The van der Waals surface area contributed by atoms with Crippen molar-refractivity contribution in [3.05, 3.63) is 23.7 Å². The fourth-order valence-corrected chi connectivity index (χ4v) is 3.96. The summed E-state index contributed by atoms with van der Waals surface area (Å²) in [7, 11) is 0. The van der Waals surface area contributed by atoms with Crippen LogP contribution < -0.4 is 0 Å². The fourth-order valence-electron chi connectivity index (χ4n) is 2.41. The highest BCUT2D eigenvalue weighted by molar-refractivity contribution is 7.99. The molecule has 1 saturated heterocycles. The summed E-state index contributed by atoms with van der Waals surface area (Å²) < 4.78 is 5.72. The van der Waals surface area contributed by atoms with E-state index in [1.165, 1.54) is 24.6 Å². The number of hydrogen-bond acceptors (Lipinski definition) is 8. The molecule has 0 atom stereocenters. The summed E-state index contributed by atoms with van der Waals surface area (Å²) in [5, 5.41) is 12.7. The van der Waals surface area contributed by atoms with E-state index in [0.717, 1.165) is 34.9 Å². The summed E-state index contributed by atoms with van der Waals surface area (Å²) in [6.45, 7) is 2.98. The number of fused-ring (bicyclic) bond motifs is 1. The summed E-state index contributed by atoms with van der Waals surface area (Å²) in [5.74, 6) is 0.676. The van der Waals surface area contributed by atoms with Crippen LogP contribution in [0, 0.1) is 0 Å². The first-order chi connectivity index (χ1) is 10.4. The molecule has 0 amide bonds. The number of nitrogens with zero attached hydrogens (tertiary/aromatic N) is 5. The van der Waals surface area contributed by atoms with Gasteiger partial charge in [-0.2, -0.15) is 0 Å². The molecule has 0 saturated carbocycles. The van der Waals surface area contributed by atoms with Gasteiger partial charge in [0.05, 0.1) is 6.54 Å². The third-order valence-electron chi connectivity index (χ3n) is 3.42. The molecule has 3 aromatic rings. The van der Waals surface area contributed by atoms with Crippen LogP contribution in [0.5, 0.6) is 0 Å². The standard InChI is InChI=1S/C13H13N5OS2/c1-2-5-18(4-1)7-10-16-17-13(19-10)21-12-9-3-6-20-11(9)14-8-15-12/h3,6,8H,1-2,4-5,7H2. The summed E-state index contributed by atoms with van der Waals surface area (Å²) >= 11 is 3.00. The number of aromatic nitrogens is 4. The predicted molar refractivity (Wildman–Crippen MR) is 80.3 cm³/mol. The van der Waals surface area contributed by atoms with Crippen LogP contribution in [-0.2, 0) is 6.54 Å². The number of thiophene rings is 1. The average Bonchev–Trinajstić information content (AvgIpc) is 3.21. The third kappa shape index (κ3) is 2.78. The van der Waals surface area contributed by atoms with Gasteiger partial charge in [-0.3, -0.25) is 4.90 Å². The van der Waals surface area contributed by atoms with Crippen molar-refractivity contribution in [2.45, 2.75) is 29.6 Å². The molecule has 4 heterocycles. The van der Waals surface area contributed by atoms with E-state index in [9.17, 15) is 0 Å². The Labute approximate surface area is 129 Å². The largest absolute Gasteiger partial charge is 0.414 e. The topological polar surface area (TPSA) is 67.9 Å². The highest BCUT2D eigenvalue weighted by Crippen LogP contribution is 2.32. The zero-order valence-electron chi connectivity index (χ0n) is 11.2. The predicted octanol–water partition coefficient (Wildman–Crippen LogP) is 2.82. The summed E-state index contributed by atoms with van der Waals surface area (Å²) in [5.41, 5.74) is 0. The normalized spacial score (nSPS) is 16.0. The fraction of sp³-hybridized carbons (Fsp3) is 0.385.